The Morgan fingerprint density at radius 1 is 1.14 bits per heavy atom. The van der Waals surface area contributed by atoms with E-state index >= 15 is 0 Å². The molecule has 2 aromatic heterocycles. The molecule has 2 aliphatic rings. The highest BCUT2D eigenvalue weighted by atomic mass is 35.5. The number of halogens is 1. The van der Waals surface area contributed by atoms with Gasteiger partial charge in [0.15, 0.2) is 5.15 Å². The number of tetrazole rings is 1. The van der Waals surface area contributed by atoms with Crippen molar-refractivity contribution in [2.75, 3.05) is 6.54 Å². The summed E-state index contributed by atoms with van der Waals surface area (Å²) in [5.74, 6) is 1.62. The summed E-state index contributed by atoms with van der Waals surface area (Å²) in [5.41, 5.74) is 4.84. The minimum Gasteiger partial charge on any atom is -0.324 e. The number of nitrogens with zero attached hydrogens (tertiary/aromatic N) is 6. The molecule has 8 nitrogen and oxygen atoms in total. The zero-order chi connectivity index (χ0) is 25.4. The molecule has 192 valence electrons. The maximum atomic E-state index is 6.84. The highest BCUT2D eigenvalue weighted by molar-refractivity contribution is 6.30. The lowest BCUT2D eigenvalue weighted by atomic mass is 9.93. The fourth-order valence-electron chi connectivity index (χ4n) is 5.86. The second-order valence-electron chi connectivity index (χ2n) is 10.3. The molecule has 9 heteroatoms. The van der Waals surface area contributed by atoms with Crippen LogP contribution in [-0.2, 0) is 23.4 Å². The van der Waals surface area contributed by atoms with Crippen LogP contribution < -0.4 is 0 Å². The molecule has 0 spiro atoms. The lowest BCUT2D eigenvalue weighted by molar-refractivity contribution is -0.194. The molecule has 1 N–H and O–H groups in total. The van der Waals surface area contributed by atoms with Gasteiger partial charge in [-0.2, -0.15) is 10.3 Å². The summed E-state index contributed by atoms with van der Waals surface area (Å²) in [6.07, 6.45) is 6.39. The molecule has 0 aliphatic carbocycles. The number of nitrogens with one attached hydrogen (secondary N) is 1. The topological polar surface area (TPSA) is 84.8 Å². The summed E-state index contributed by atoms with van der Waals surface area (Å²) in [6, 6.07) is 17.2. The van der Waals surface area contributed by atoms with E-state index in [1.54, 1.807) is 0 Å². The van der Waals surface area contributed by atoms with Crippen LogP contribution in [0.5, 0.6) is 0 Å². The Hall–Kier alpha value is -3.07. The largest absolute Gasteiger partial charge is 0.324 e. The van der Waals surface area contributed by atoms with Gasteiger partial charge in [0.2, 0.25) is 5.82 Å². The molecular weight excluding hydrogens is 486 g/mol. The molecule has 2 aromatic carbocycles. The first-order valence-electron chi connectivity index (χ1n) is 13.2. The predicted octanol–water partition coefficient (Wildman–Crippen LogP) is 5.79. The van der Waals surface area contributed by atoms with Crippen molar-refractivity contribution in [1.82, 2.24) is 35.2 Å². The SMILES string of the molecule is CCCCc1nc(Cl)c([C@]2(C)C[C@H]3CCCN3O2)n1Cc1ccc(-c2ccccc2-c2nn[nH]n2)cc1. The van der Waals surface area contributed by atoms with Gasteiger partial charge in [-0.3, -0.25) is 4.84 Å². The molecule has 0 bridgehead atoms. The molecule has 6 rings (SSSR count). The lowest BCUT2D eigenvalue weighted by Gasteiger charge is -2.27. The van der Waals surface area contributed by atoms with Crippen molar-refractivity contribution in [3.63, 3.8) is 0 Å². The van der Waals surface area contributed by atoms with Gasteiger partial charge in [0, 0.05) is 37.5 Å². The fraction of sp³-hybridized carbons (Fsp3) is 0.429. The molecule has 2 aliphatic heterocycles. The number of imidazole rings is 1. The van der Waals surface area contributed by atoms with Crippen LogP contribution >= 0.6 is 11.6 Å². The van der Waals surface area contributed by atoms with E-state index in [2.05, 4.69) is 74.4 Å². The van der Waals surface area contributed by atoms with E-state index in [0.29, 0.717) is 23.6 Å². The van der Waals surface area contributed by atoms with Gasteiger partial charge < -0.3 is 4.57 Å². The number of H-pyrrole nitrogens is 1. The average molecular weight is 518 g/mol. The van der Waals surface area contributed by atoms with Gasteiger partial charge in [0.1, 0.15) is 11.4 Å². The van der Waals surface area contributed by atoms with E-state index in [4.69, 9.17) is 21.4 Å². The standard InChI is InChI=1S/C28H32ClN7O/c1-3-4-11-24-30-26(29)25(28(2)17-21-8-7-16-36(21)37-28)35(24)18-19-12-14-20(15-13-19)22-9-5-6-10-23(22)27-31-33-34-32-27/h5-6,9-10,12-15,21H,3-4,7-8,11,16-18H2,1-2H3,(H,31,32,33,34)/t21-,28+/m1/s1. The normalized spacial score (nSPS) is 21.5. The number of unbranched alkanes of at least 4 members (excludes halogenated alkanes) is 1. The van der Waals surface area contributed by atoms with Gasteiger partial charge >= 0.3 is 0 Å². The molecule has 0 saturated carbocycles. The van der Waals surface area contributed by atoms with Crippen LogP contribution in [0.4, 0.5) is 0 Å². The monoisotopic (exact) mass is 517 g/mol. The molecular formula is C28H32ClN7O. The van der Waals surface area contributed by atoms with Crippen LogP contribution in [0.25, 0.3) is 22.5 Å². The minimum atomic E-state index is -0.469. The lowest BCUT2D eigenvalue weighted by Crippen LogP contribution is -2.29. The van der Waals surface area contributed by atoms with Crippen LogP contribution in [0, 0.1) is 0 Å². The van der Waals surface area contributed by atoms with Crippen molar-refractivity contribution in [1.29, 1.82) is 0 Å². The summed E-state index contributed by atoms with van der Waals surface area (Å²) < 4.78 is 2.31. The summed E-state index contributed by atoms with van der Waals surface area (Å²) in [6.45, 7) is 6.06. The number of aromatic nitrogens is 6. The third kappa shape index (κ3) is 4.58. The maximum Gasteiger partial charge on any atom is 0.205 e. The number of aromatic amines is 1. The predicted molar refractivity (Wildman–Crippen MR) is 143 cm³/mol. The number of aryl methyl sites for hydroxylation is 1. The van der Waals surface area contributed by atoms with Crippen LogP contribution in [0.1, 0.15) is 63.0 Å². The zero-order valence-electron chi connectivity index (χ0n) is 21.3. The first-order chi connectivity index (χ1) is 18.1. The van der Waals surface area contributed by atoms with Gasteiger partial charge in [0.05, 0.1) is 5.69 Å². The van der Waals surface area contributed by atoms with Crippen molar-refractivity contribution in [3.8, 4) is 22.5 Å². The van der Waals surface area contributed by atoms with Gasteiger partial charge in [-0.25, -0.2) is 4.98 Å². The Morgan fingerprint density at radius 2 is 1.95 bits per heavy atom. The summed E-state index contributed by atoms with van der Waals surface area (Å²) >= 11 is 6.84. The first-order valence-corrected chi connectivity index (χ1v) is 13.6. The minimum absolute atomic E-state index is 0.460. The van der Waals surface area contributed by atoms with Crippen LogP contribution in [-0.4, -0.2) is 47.8 Å². The summed E-state index contributed by atoms with van der Waals surface area (Å²) in [7, 11) is 0. The van der Waals surface area contributed by atoms with Crippen LogP contribution in [0.2, 0.25) is 5.15 Å². The Kier molecular flexibility index (Phi) is 6.56. The molecule has 0 amide bonds. The third-order valence-corrected chi connectivity index (χ3v) is 7.91. The smallest absolute Gasteiger partial charge is 0.205 e. The van der Waals surface area contributed by atoms with Gasteiger partial charge in [0.25, 0.3) is 0 Å². The van der Waals surface area contributed by atoms with Crippen LogP contribution in [0.3, 0.4) is 0 Å². The highest BCUT2D eigenvalue weighted by Crippen LogP contribution is 2.46. The third-order valence-electron chi connectivity index (χ3n) is 7.64. The molecule has 2 saturated heterocycles. The van der Waals surface area contributed by atoms with E-state index in [1.807, 2.05) is 18.2 Å². The summed E-state index contributed by atoms with van der Waals surface area (Å²) in [4.78, 5) is 11.4. The van der Waals surface area contributed by atoms with E-state index in [0.717, 1.165) is 60.4 Å². The summed E-state index contributed by atoms with van der Waals surface area (Å²) in [5, 5.41) is 17.3. The quantitative estimate of drug-likeness (QED) is 0.318. The number of hydrogen-bond acceptors (Lipinski definition) is 6. The molecule has 0 unspecified atom stereocenters. The average Bonchev–Trinajstić information content (AvgIpc) is 3.68. The van der Waals surface area contributed by atoms with E-state index in [9.17, 15) is 0 Å². The Labute approximate surface area is 222 Å². The van der Waals surface area contributed by atoms with Crippen molar-refractivity contribution in [2.45, 2.75) is 70.6 Å². The zero-order valence-corrected chi connectivity index (χ0v) is 22.1. The van der Waals surface area contributed by atoms with E-state index in [-0.39, 0.29) is 0 Å². The molecule has 2 fully saturated rings. The van der Waals surface area contributed by atoms with Gasteiger partial charge in [-0.1, -0.05) is 73.5 Å². The first kappa shape index (κ1) is 24.3. The van der Waals surface area contributed by atoms with Crippen LogP contribution in [0.15, 0.2) is 48.5 Å². The molecule has 37 heavy (non-hydrogen) atoms. The van der Waals surface area contributed by atoms with Gasteiger partial charge in [-0.05, 0) is 48.1 Å². The van der Waals surface area contributed by atoms with E-state index < -0.39 is 5.60 Å². The number of rotatable bonds is 8. The number of fused-ring (bicyclic) bond motifs is 1. The molecule has 2 atom stereocenters. The van der Waals surface area contributed by atoms with Crippen molar-refractivity contribution in [2.24, 2.45) is 0 Å². The molecule has 4 heterocycles. The number of hydrogen-bond donors (Lipinski definition) is 1. The van der Waals surface area contributed by atoms with Gasteiger partial charge in [-0.15, -0.1) is 10.2 Å². The van der Waals surface area contributed by atoms with E-state index in [1.165, 1.54) is 18.4 Å². The molecule has 0 radical (unpaired) electrons. The number of benzene rings is 2. The van der Waals surface area contributed by atoms with Crippen molar-refractivity contribution >= 4 is 11.6 Å². The Balaban J connectivity index is 1.32. The molecule has 4 aromatic rings. The van der Waals surface area contributed by atoms with Crippen molar-refractivity contribution < 1.29 is 4.84 Å². The Morgan fingerprint density at radius 3 is 2.68 bits per heavy atom. The highest BCUT2D eigenvalue weighted by Gasteiger charge is 2.48. The maximum absolute atomic E-state index is 6.84. The second kappa shape index (κ2) is 10.0. The fourth-order valence-corrected chi connectivity index (χ4v) is 6.26. The number of hydroxylamine groups is 2. The Bertz CT molecular complexity index is 1350. The second-order valence-corrected chi connectivity index (χ2v) is 10.7. The van der Waals surface area contributed by atoms with Crippen molar-refractivity contribution in [3.05, 3.63) is 70.8 Å².